The summed E-state index contributed by atoms with van der Waals surface area (Å²) < 4.78 is 13.5. The van der Waals surface area contributed by atoms with Crippen LogP contribution in [0.1, 0.15) is 43.1 Å². The number of pyridine rings is 1. The van der Waals surface area contributed by atoms with E-state index in [1.165, 1.54) is 0 Å². The van der Waals surface area contributed by atoms with Crippen LogP contribution in [-0.4, -0.2) is 75.3 Å². The zero-order chi connectivity index (χ0) is 25.4. The fraction of sp³-hybridized carbons (Fsp3) is 0.481. The van der Waals surface area contributed by atoms with E-state index in [9.17, 15) is 9.59 Å². The van der Waals surface area contributed by atoms with E-state index in [0.717, 1.165) is 27.9 Å². The lowest BCUT2D eigenvalue weighted by atomic mass is 10.00. The smallest absolute Gasteiger partial charge is 0.267 e. The normalized spacial score (nSPS) is 17.6. The summed E-state index contributed by atoms with van der Waals surface area (Å²) >= 11 is 0. The van der Waals surface area contributed by atoms with E-state index in [1.54, 1.807) is 11.0 Å². The molecule has 1 fully saturated rings. The van der Waals surface area contributed by atoms with E-state index in [1.807, 2.05) is 40.9 Å². The van der Waals surface area contributed by atoms with E-state index < -0.39 is 6.10 Å². The van der Waals surface area contributed by atoms with Crippen molar-refractivity contribution in [3.63, 3.8) is 0 Å². The second-order valence-electron chi connectivity index (χ2n) is 9.79. The van der Waals surface area contributed by atoms with Crippen LogP contribution >= 0.6 is 0 Å². The number of aromatic nitrogens is 3. The van der Waals surface area contributed by atoms with Gasteiger partial charge in [0.25, 0.3) is 5.91 Å². The highest BCUT2D eigenvalue weighted by molar-refractivity contribution is 5.83. The molecule has 0 spiro atoms. The molecule has 190 valence electrons. The molecule has 36 heavy (non-hydrogen) atoms. The Morgan fingerprint density at radius 2 is 1.75 bits per heavy atom. The third kappa shape index (κ3) is 4.50. The maximum atomic E-state index is 13.0. The van der Waals surface area contributed by atoms with Crippen LogP contribution in [-0.2, 0) is 16.0 Å². The van der Waals surface area contributed by atoms with Crippen LogP contribution in [0.3, 0.4) is 0 Å². The lowest BCUT2D eigenvalue weighted by Gasteiger charge is -2.37. The molecule has 2 amide bonds. The molecule has 1 saturated heterocycles. The van der Waals surface area contributed by atoms with Crippen molar-refractivity contribution in [1.82, 2.24) is 24.6 Å². The van der Waals surface area contributed by atoms with Crippen molar-refractivity contribution in [1.29, 1.82) is 0 Å². The first-order chi connectivity index (χ1) is 17.3. The second-order valence-corrected chi connectivity index (χ2v) is 9.79. The van der Waals surface area contributed by atoms with Crippen molar-refractivity contribution in [2.75, 3.05) is 32.8 Å². The van der Waals surface area contributed by atoms with Crippen molar-refractivity contribution in [2.45, 2.75) is 52.7 Å². The first-order valence-electron chi connectivity index (χ1n) is 12.6. The second kappa shape index (κ2) is 9.79. The topological polar surface area (TPSA) is 89.8 Å². The maximum absolute atomic E-state index is 13.0. The Balaban J connectivity index is 1.16. The molecule has 2 aromatic heterocycles. The number of aryl methyl sites for hydroxylation is 2. The van der Waals surface area contributed by atoms with Gasteiger partial charge >= 0.3 is 0 Å². The molecular formula is C27H33N5O4. The Labute approximate surface area is 211 Å². The third-order valence-electron chi connectivity index (χ3n) is 7.14. The number of hydrogen-bond donors (Lipinski definition) is 0. The predicted octanol–water partition coefficient (Wildman–Crippen LogP) is 3.07. The standard InChI is InChI=1S/C27H33N5O4/c1-17(2)32-26-21(15-28-32)18(3)20(19(4)29-26)9-10-25(33)30-11-13-31(14-12-30)27(34)24-16-35-22-7-5-6-8-23(22)36-24/h5-8,15,17,24H,9-14,16H2,1-4H3/t24-/m1/s1. The van der Waals surface area contributed by atoms with Gasteiger partial charge in [0.05, 0.1) is 6.20 Å². The highest BCUT2D eigenvalue weighted by Crippen LogP contribution is 2.31. The van der Waals surface area contributed by atoms with E-state index in [2.05, 4.69) is 25.9 Å². The van der Waals surface area contributed by atoms with Gasteiger partial charge in [-0.1, -0.05) is 12.1 Å². The van der Waals surface area contributed by atoms with Crippen LogP contribution in [0.25, 0.3) is 11.0 Å². The summed E-state index contributed by atoms with van der Waals surface area (Å²) in [5.41, 5.74) is 4.10. The lowest BCUT2D eigenvalue weighted by molar-refractivity contribution is -0.146. The fourth-order valence-corrected chi connectivity index (χ4v) is 5.05. The number of nitrogens with zero attached hydrogens (tertiary/aromatic N) is 5. The maximum Gasteiger partial charge on any atom is 0.267 e. The summed E-state index contributed by atoms with van der Waals surface area (Å²) in [5.74, 6) is 1.26. The Morgan fingerprint density at radius 1 is 1.06 bits per heavy atom. The molecule has 4 heterocycles. The number of para-hydroxylation sites is 2. The molecule has 2 aliphatic rings. The van der Waals surface area contributed by atoms with Gasteiger partial charge < -0.3 is 19.3 Å². The quantitative estimate of drug-likeness (QED) is 0.545. The Bertz CT molecular complexity index is 1290. The number of fused-ring (bicyclic) bond motifs is 2. The third-order valence-corrected chi connectivity index (χ3v) is 7.14. The van der Waals surface area contributed by atoms with Crippen molar-refractivity contribution >= 4 is 22.8 Å². The molecule has 0 radical (unpaired) electrons. The minimum absolute atomic E-state index is 0.0934. The molecule has 3 aromatic rings. The van der Waals surface area contributed by atoms with Gasteiger partial charge in [-0.3, -0.25) is 9.59 Å². The van der Waals surface area contributed by atoms with Crippen molar-refractivity contribution in [3.05, 3.63) is 47.3 Å². The molecule has 0 unspecified atom stereocenters. The minimum Gasteiger partial charge on any atom is -0.485 e. The first-order valence-corrected chi connectivity index (χ1v) is 12.6. The molecule has 0 aliphatic carbocycles. The van der Waals surface area contributed by atoms with Gasteiger partial charge in [-0.2, -0.15) is 5.10 Å². The van der Waals surface area contributed by atoms with Crippen LogP contribution in [0.2, 0.25) is 0 Å². The Kier molecular flexibility index (Phi) is 6.55. The molecule has 1 aromatic carbocycles. The van der Waals surface area contributed by atoms with Crippen LogP contribution < -0.4 is 9.47 Å². The summed E-state index contributed by atoms with van der Waals surface area (Å²) in [6.45, 7) is 10.5. The molecule has 5 rings (SSSR count). The fourth-order valence-electron chi connectivity index (χ4n) is 5.05. The van der Waals surface area contributed by atoms with E-state index in [-0.39, 0.29) is 24.5 Å². The van der Waals surface area contributed by atoms with Gasteiger partial charge in [-0.25, -0.2) is 9.67 Å². The number of hydrogen-bond acceptors (Lipinski definition) is 6. The van der Waals surface area contributed by atoms with Crippen LogP contribution in [0.5, 0.6) is 11.5 Å². The molecule has 0 N–H and O–H groups in total. The molecule has 9 nitrogen and oxygen atoms in total. The largest absolute Gasteiger partial charge is 0.485 e. The van der Waals surface area contributed by atoms with Gasteiger partial charge in [0.1, 0.15) is 6.61 Å². The van der Waals surface area contributed by atoms with E-state index in [0.29, 0.717) is 50.5 Å². The molecule has 9 heteroatoms. The highest BCUT2D eigenvalue weighted by atomic mass is 16.6. The van der Waals surface area contributed by atoms with Crippen LogP contribution in [0.4, 0.5) is 0 Å². The first kappa shape index (κ1) is 24.1. The van der Waals surface area contributed by atoms with Crippen molar-refractivity contribution in [2.24, 2.45) is 0 Å². The average Bonchev–Trinajstić information content (AvgIpc) is 3.32. The van der Waals surface area contributed by atoms with Gasteiger partial charge in [-0.05, 0) is 57.4 Å². The van der Waals surface area contributed by atoms with Crippen LogP contribution in [0, 0.1) is 13.8 Å². The van der Waals surface area contributed by atoms with Crippen molar-refractivity contribution in [3.8, 4) is 11.5 Å². The number of amides is 2. The van der Waals surface area contributed by atoms with Gasteiger partial charge in [0, 0.05) is 49.7 Å². The zero-order valence-electron chi connectivity index (χ0n) is 21.4. The number of rotatable bonds is 5. The summed E-state index contributed by atoms with van der Waals surface area (Å²) in [4.78, 5) is 34.4. The number of carbonyl (C=O) groups is 2. The molecular weight excluding hydrogens is 458 g/mol. The number of piperazine rings is 1. The molecule has 2 aliphatic heterocycles. The monoisotopic (exact) mass is 491 g/mol. The molecule has 0 saturated carbocycles. The Hall–Kier alpha value is -3.62. The lowest BCUT2D eigenvalue weighted by Crippen LogP contribution is -2.55. The SMILES string of the molecule is Cc1nc2c(cnn2C(C)C)c(C)c1CCC(=O)N1CCN(C(=O)[C@H]2COc3ccccc3O2)CC1. The zero-order valence-corrected chi connectivity index (χ0v) is 21.4. The number of ether oxygens (including phenoxy) is 2. The van der Waals surface area contributed by atoms with Crippen LogP contribution in [0.15, 0.2) is 30.5 Å². The highest BCUT2D eigenvalue weighted by Gasteiger charge is 2.33. The van der Waals surface area contributed by atoms with Gasteiger partial charge in [-0.15, -0.1) is 0 Å². The summed E-state index contributed by atoms with van der Waals surface area (Å²) in [6, 6.07) is 7.60. The minimum atomic E-state index is -0.657. The van der Waals surface area contributed by atoms with Gasteiger partial charge in [0.2, 0.25) is 12.0 Å². The summed E-state index contributed by atoms with van der Waals surface area (Å²) in [6.07, 6.45) is 2.27. The molecule has 1 atom stereocenters. The Morgan fingerprint density at radius 3 is 2.47 bits per heavy atom. The summed E-state index contributed by atoms with van der Waals surface area (Å²) in [7, 11) is 0. The number of carbonyl (C=O) groups excluding carboxylic acids is 2. The predicted molar refractivity (Wildman–Crippen MR) is 135 cm³/mol. The summed E-state index contributed by atoms with van der Waals surface area (Å²) in [5, 5.41) is 5.54. The average molecular weight is 492 g/mol. The molecule has 0 bridgehead atoms. The van der Waals surface area contributed by atoms with E-state index in [4.69, 9.17) is 14.5 Å². The van der Waals surface area contributed by atoms with E-state index >= 15 is 0 Å². The van der Waals surface area contributed by atoms with Crippen molar-refractivity contribution < 1.29 is 19.1 Å². The van der Waals surface area contributed by atoms with Gasteiger partial charge in [0.15, 0.2) is 17.1 Å². The number of benzene rings is 1.